The van der Waals surface area contributed by atoms with Gasteiger partial charge < -0.3 is 9.84 Å². The van der Waals surface area contributed by atoms with Gasteiger partial charge in [0.2, 0.25) is 0 Å². The Hall–Kier alpha value is -3.58. The van der Waals surface area contributed by atoms with Gasteiger partial charge in [-0.1, -0.05) is 41.6 Å². The molecule has 35 heavy (non-hydrogen) atoms. The number of hydrogen-bond acceptors (Lipinski definition) is 6. The molecule has 7 heteroatoms. The number of benzene rings is 2. The zero-order valence-corrected chi connectivity index (χ0v) is 20.9. The van der Waals surface area contributed by atoms with Crippen LogP contribution in [0.3, 0.4) is 0 Å². The molecule has 0 amide bonds. The van der Waals surface area contributed by atoms with Crippen molar-refractivity contribution in [2.24, 2.45) is 5.41 Å². The van der Waals surface area contributed by atoms with E-state index in [-0.39, 0.29) is 19.2 Å². The van der Waals surface area contributed by atoms with Crippen LogP contribution in [0, 0.1) is 19.3 Å². The van der Waals surface area contributed by atoms with Crippen molar-refractivity contribution in [3.63, 3.8) is 0 Å². The minimum Gasteiger partial charge on any atom is -0.460 e. The lowest BCUT2D eigenvalue weighted by atomic mass is 9.71. The SMILES string of the molecule is CCn1nnc2c(C)c([C@H](c3cc(CO)c(C)cn3)C(C)(C)C(=O)OCc3ccccc3)ccc21. The topological polar surface area (TPSA) is 90.1 Å². The van der Waals surface area contributed by atoms with Crippen LogP contribution < -0.4 is 0 Å². The van der Waals surface area contributed by atoms with Crippen molar-refractivity contribution in [3.8, 4) is 0 Å². The maximum absolute atomic E-state index is 13.5. The number of aromatic nitrogens is 4. The van der Waals surface area contributed by atoms with Gasteiger partial charge in [-0.25, -0.2) is 4.68 Å². The Balaban J connectivity index is 1.81. The number of aliphatic hydroxyl groups is 1. The lowest BCUT2D eigenvalue weighted by Gasteiger charge is -2.33. The Morgan fingerprint density at radius 3 is 2.57 bits per heavy atom. The molecule has 1 N–H and O–H groups in total. The Kier molecular flexibility index (Phi) is 6.98. The van der Waals surface area contributed by atoms with Crippen LogP contribution in [0.25, 0.3) is 11.0 Å². The van der Waals surface area contributed by atoms with Gasteiger partial charge in [0.15, 0.2) is 0 Å². The summed E-state index contributed by atoms with van der Waals surface area (Å²) in [7, 11) is 0. The maximum atomic E-state index is 13.5. The summed E-state index contributed by atoms with van der Waals surface area (Å²) in [6.07, 6.45) is 1.75. The van der Waals surface area contributed by atoms with E-state index in [0.717, 1.165) is 45.4 Å². The Labute approximate surface area is 205 Å². The van der Waals surface area contributed by atoms with Crippen LogP contribution >= 0.6 is 0 Å². The van der Waals surface area contributed by atoms with E-state index >= 15 is 0 Å². The van der Waals surface area contributed by atoms with Gasteiger partial charge >= 0.3 is 5.97 Å². The van der Waals surface area contributed by atoms with Gasteiger partial charge in [-0.15, -0.1) is 5.10 Å². The first-order chi connectivity index (χ1) is 16.8. The average molecular weight is 473 g/mol. The molecule has 182 valence electrons. The maximum Gasteiger partial charge on any atom is 0.312 e. The molecular weight excluding hydrogens is 440 g/mol. The first-order valence-corrected chi connectivity index (χ1v) is 11.9. The van der Waals surface area contributed by atoms with Crippen LogP contribution in [0.1, 0.15) is 60.2 Å². The lowest BCUT2D eigenvalue weighted by molar-refractivity contribution is -0.156. The fourth-order valence-corrected chi connectivity index (χ4v) is 4.59. The Morgan fingerprint density at radius 2 is 1.89 bits per heavy atom. The van der Waals surface area contributed by atoms with Crippen LogP contribution in [-0.4, -0.2) is 31.1 Å². The number of ether oxygens (including phenoxy) is 1. The normalized spacial score (nSPS) is 12.6. The van der Waals surface area contributed by atoms with E-state index in [1.165, 1.54) is 0 Å². The molecule has 0 spiro atoms. The molecule has 0 radical (unpaired) electrons. The molecule has 0 aliphatic rings. The zero-order chi connectivity index (χ0) is 25.2. The van der Waals surface area contributed by atoms with Crippen molar-refractivity contribution in [1.29, 1.82) is 0 Å². The number of fused-ring (bicyclic) bond motifs is 1. The summed E-state index contributed by atoms with van der Waals surface area (Å²) in [5, 5.41) is 18.6. The second-order valence-corrected chi connectivity index (χ2v) is 9.46. The summed E-state index contributed by atoms with van der Waals surface area (Å²) >= 11 is 0. The molecule has 1 atom stereocenters. The molecule has 0 aliphatic carbocycles. The summed E-state index contributed by atoms with van der Waals surface area (Å²) in [4.78, 5) is 18.3. The summed E-state index contributed by atoms with van der Waals surface area (Å²) in [5.74, 6) is -0.746. The van der Waals surface area contributed by atoms with E-state index in [4.69, 9.17) is 9.72 Å². The number of esters is 1. The van der Waals surface area contributed by atoms with Gasteiger partial charge in [0.1, 0.15) is 12.1 Å². The predicted octanol–water partition coefficient (Wildman–Crippen LogP) is 4.86. The quantitative estimate of drug-likeness (QED) is 0.369. The number of nitrogens with zero attached hydrogens (tertiary/aromatic N) is 4. The van der Waals surface area contributed by atoms with Crippen LogP contribution in [0.15, 0.2) is 54.7 Å². The van der Waals surface area contributed by atoms with Crippen molar-refractivity contribution in [2.45, 2.75) is 60.3 Å². The molecule has 0 unspecified atom stereocenters. The molecule has 0 fully saturated rings. The number of hydrogen-bond donors (Lipinski definition) is 1. The highest BCUT2D eigenvalue weighted by Crippen LogP contribution is 2.44. The second-order valence-electron chi connectivity index (χ2n) is 9.46. The molecule has 0 aliphatic heterocycles. The molecule has 2 heterocycles. The van der Waals surface area contributed by atoms with Crippen molar-refractivity contribution in [3.05, 3.63) is 88.2 Å². The van der Waals surface area contributed by atoms with Crippen LogP contribution in [0.4, 0.5) is 0 Å². The van der Waals surface area contributed by atoms with E-state index in [2.05, 4.69) is 10.3 Å². The fraction of sp³-hybridized carbons (Fsp3) is 0.357. The number of rotatable bonds is 8. The summed E-state index contributed by atoms with van der Waals surface area (Å²) in [6.45, 7) is 10.5. The first-order valence-electron chi connectivity index (χ1n) is 11.9. The van der Waals surface area contributed by atoms with Gasteiger partial charge in [-0.05, 0) is 74.6 Å². The van der Waals surface area contributed by atoms with E-state index in [9.17, 15) is 9.90 Å². The number of aryl methyl sites for hydroxylation is 3. The van der Waals surface area contributed by atoms with E-state index in [1.54, 1.807) is 6.20 Å². The predicted molar refractivity (Wildman–Crippen MR) is 135 cm³/mol. The third kappa shape index (κ3) is 4.68. The summed E-state index contributed by atoms with van der Waals surface area (Å²) in [5.41, 5.74) is 5.99. The average Bonchev–Trinajstić information content (AvgIpc) is 3.29. The minimum absolute atomic E-state index is 0.101. The highest BCUT2D eigenvalue weighted by molar-refractivity contribution is 5.82. The molecule has 4 aromatic rings. The second kappa shape index (κ2) is 9.96. The standard InChI is InChI=1S/C28H32N4O3/c1-6-32-24-13-12-22(19(3)26(24)30-31-32)25(23-14-21(16-33)18(2)15-29-23)28(4,5)27(34)35-17-20-10-8-7-9-11-20/h7-15,25,33H,6,16-17H2,1-5H3/t25-/m1/s1. The monoisotopic (exact) mass is 472 g/mol. The lowest BCUT2D eigenvalue weighted by Crippen LogP contribution is -2.35. The molecule has 0 saturated carbocycles. The largest absolute Gasteiger partial charge is 0.460 e. The third-order valence-corrected chi connectivity index (χ3v) is 6.76. The highest BCUT2D eigenvalue weighted by Gasteiger charge is 2.42. The minimum atomic E-state index is -0.955. The Bertz CT molecular complexity index is 1350. The van der Waals surface area contributed by atoms with E-state index in [0.29, 0.717) is 5.69 Å². The summed E-state index contributed by atoms with van der Waals surface area (Å²) < 4.78 is 7.65. The van der Waals surface area contributed by atoms with Crippen LogP contribution in [-0.2, 0) is 29.3 Å². The molecule has 2 aromatic carbocycles. The number of pyridine rings is 1. The molecule has 7 nitrogen and oxygen atoms in total. The van der Waals surface area contributed by atoms with Crippen molar-refractivity contribution < 1.29 is 14.6 Å². The number of carbonyl (C=O) groups excluding carboxylic acids is 1. The van der Waals surface area contributed by atoms with Gasteiger partial charge in [-0.3, -0.25) is 9.78 Å². The molecule has 2 aromatic heterocycles. The molecule has 0 bridgehead atoms. The van der Waals surface area contributed by atoms with Gasteiger partial charge in [0, 0.05) is 24.4 Å². The van der Waals surface area contributed by atoms with Gasteiger partial charge in [-0.2, -0.15) is 0 Å². The molecular formula is C28H32N4O3. The highest BCUT2D eigenvalue weighted by atomic mass is 16.5. The van der Waals surface area contributed by atoms with Crippen molar-refractivity contribution in [2.75, 3.05) is 0 Å². The molecule has 4 rings (SSSR count). The third-order valence-electron chi connectivity index (χ3n) is 6.76. The number of carbonyl (C=O) groups is 1. The van der Waals surface area contributed by atoms with Gasteiger partial charge in [0.05, 0.1) is 17.5 Å². The van der Waals surface area contributed by atoms with E-state index in [1.807, 2.05) is 87.8 Å². The van der Waals surface area contributed by atoms with Crippen LogP contribution in [0.5, 0.6) is 0 Å². The number of aliphatic hydroxyl groups excluding tert-OH is 1. The van der Waals surface area contributed by atoms with Crippen molar-refractivity contribution in [1.82, 2.24) is 20.0 Å². The molecule has 0 saturated heterocycles. The smallest absolute Gasteiger partial charge is 0.312 e. The van der Waals surface area contributed by atoms with Crippen LogP contribution in [0.2, 0.25) is 0 Å². The first kappa shape index (κ1) is 24.5. The Morgan fingerprint density at radius 1 is 1.14 bits per heavy atom. The van der Waals surface area contributed by atoms with Gasteiger partial charge in [0.25, 0.3) is 0 Å². The van der Waals surface area contributed by atoms with Crippen molar-refractivity contribution >= 4 is 17.0 Å². The fourth-order valence-electron chi connectivity index (χ4n) is 4.59. The van der Waals surface area contributed by atoms with E-state index < -0.39 is 11.3 Å². The zero-order valence-electron chi connectivity index (χ0n) is 20.9. The summed E-state index contributed by atoms with van der Waals surface area (Å²) in [6, 6.07) is 15.6.